The van der Waals surface area contributed by atoms with Gasteiger partial charge in [-0.05, 0) is 43.4 Å². The van der Waals surface area contributed by atoms with Crippen LogP contribution in [-0.4, -0.2) is 52.8 Å². The molecular weight excluding hydrogens is 344 g/mol. The average molecular weight is 370 g/mol. The van der Waals surface area contributed by atoms with Crippen LogP contribution < -0.4 is 5.73 Å². The Kier molecular flexibility index (Phi) is 6.24. The Morgan fingerprint density at radius 1 is 1.22 bits per heavy atom. The van der Waals surface area contributed by atoms with Crippen LogP contribution in [-0.2, 0) is 16.1 Å². The van der Waals surface area contributed by atoms with E-state index < -0.39 is 5.91 Å². The molecule has 0 radical (unpaired) electrons. The zero-order valence-electron chi connectivity index (χ0n) is 15.6. The van der Waals surface area contributed by atoms with Gasteiger partial charge in [0.05, 0.1) is 6.20 Å². The predicted molar refractivity (Wildman–Crippen MR) is 102 cm³/mol. The van der Waals surface area contributed by atoms with Crippen LogP contribution in [0.1, 0.15) is 36.0 Å². The van der Waals surface area contributed by atoms with E-state index in [0.717, 1.165) is 43.4 Å². The summed E-state index contributed by atoms with van der Waals surface area (Å²) in [7, 11) is 1.69. The highest BCUT2D eigenvalue weighted by Gasteiger charge is 2.27. The minimum Gasteiger partial charge on any atom is -0.385 e. The van der Waals surface area contributed by atoms with Crippen LogP contribution in [0.3, 0.4) is 0 Å². The number of hydrogen-bond donors (Lipinski definition) is 1. The summed E-state index contributed by atoms with van der Waals surface area (Å²) in [6, 6.07) is 7.77. The highest BCUT2D eigenvalue weighted by Crippen LogP contribution is 2.24. The number of benzene rings is 1. The van der Waals surface area contributed by atoms with Gasteiger partial charge in [-0.25, -0.2) is 0 Å². The van der Waals surface area contributed by atoms with Crippen molar-refractivity contribution in [3.8, 4) is 11.1 Å². The molecule has 1 aliphatic rings. The molecule has 2 heterocycles. The second kappa shape index (κ2) is 8.81. The summed E-state index contributed by atoms with van der Waals surface area (Å²) in [5, 5.41) is 4.13. The molecule has 2 N–H and O–H groups in total. The van der Waals surface area contributed by atoms with Gasteiger partial charge in [-0.15, -0.1) is 0 Å². The number of carbonyl (C=O) groups is 2. The molecule has 2 amide bonds. The summed E-state index contributed by atoms with van der Waals surface area (Å²) >= 11 is 0. The number of primary amides is 1. The number of methoxy groups -OCH3 is 1. The Balaban J connectivity index is 1.71. The Bertz CT molecular complexity index is 785. The largest absolute Gasteiger partial charge is 0.385 e. The quantitative estimate of drug-likeness (QED) is 0.808. The zero-order valence-corrected chi connectivity index (χ0v) is 15.6. The summed E-state index contributed by atoms with van der Waals surface area (Å²) < 4.78 is 6.70. The first kappa shape index (κ1) is 19.1. The lowest BCUT2D eigenvalue weighted by molar-refractivity contribution is -0.118. The summed E-state index contributed by atoms with van der Waals surface area (Å²) in [5.74, 6) is -0.359. The maximum atomic E-state index is 13.0. The van der Waals surface area contributed by atoms with E-state index in [-0.39, 0.29) is 18.5 Å². The lowest BCUT2D eigenvalue weighted by Crippen LogP contribution is -2.44. The second-order valence-corrected chi connectivity index (χ2v) is 6.90. The van der Waals surface area contributed by atoms with Crippen LogP contribution >= 0.6 is 0 Å². The van der Waals surface area contributed by atoms with Crippen molar-refractivity contribution in [1.82, 2.24) is 14.7 Å². The number of carbonyl (C=O) groups excluding carboxylic acids is 2. The van der Waals surface area contributed by atoms with E-state index in [9.17, 15) is 9.59 Å². The number of amides is 2. The average Bonchev–Trinajstić information content (AvgIpc) is 3.14. The number of rotatable bonds is 7. The van der Waals surface area contributed by atoms with Crippen molar-refractivity contribution in [2.75, 3.05) is 20.3 Å². The molecule has 0 saturated carbocycles. The number of nitrogens with zero attached hydrogens (tertiary/aromatic N) is 3. The fraction of sp³-hybridized carbons (Fsp3) is 0.450. The van der Waals surface area contributed by atoms with Gasteiger partial charge in [0.15, 0.2) is 0 Å². The third kappa shape index (κ3) is 4.74. The number of ether oxygens (including phenoxy) is 1. The summed E-state index contributed by atoms with van der Waals surface area (Å²) in [6.07, 6.45) is 7.57. The first-order valence-corrected chi connectivity index (χ1v) is 9.29. The molecule has 1 aliphatic heterocycles. The van der Waals surface area contributed by atoms with E-state index in [1.54, 1.807) is 19.5 Å². The standard InChI is InChI=1S/C20H26N4O3/c1-27-11-9-18-4-2-3-10-24(18)20(26)16-7-5-15(6-8-16)17-12-22-23(13-17)14-19(21)25/h5-8,12-13,18H,2-4,9-11,14H2,1H3,(H2,21,25)/t18-/m0/s1. The maximum Gasteiger partial charge on any atom is 0.254 e. The van der Waals surface area contributed by atoms with Gasteiger partial charge in [0, 0.05) is 43.6 Å². The third-order valence-electron chi connectivity index (χ3n) is 4.96. The molecule has 0 spiro atoms. The highest BCUT2D eigenvalue weighted by molar-refractivity contribution is 5.95. The Hall–Kier alpha value is -2.67. The molecule has 0 bridgehead atoms. The molecule has 27 heavy (non-hydrogen) atoms. The van der Waals surface area contributed by atoms with Gasteiger partial charge in [-0.2, -0.15) is 5.10 Å². The first-order chi connectivity index (χ1) is 13.1. The number of hydrogen-bond acceptors (Lipinski definition) is 4. The number of aromatic nitrogens is 2. The van der Waals surface area contributed by atoms with Crippen molar-refractivity contribution < 1.29 is 14.3 Å². The van der Waals surface area contributed by atoms with Gasteiger partial charge >= 0.3 is 0 Å². The Morgan fingerprint density at radius 3 is 2.70 bits per heavy atom. The van der Waals surface area contributed by atoms with Crippen molar-refractivity contribution in [2.24, 2.45) is 5.73 Å². The minimum atomic E-state index is -0.435. The summed E-state index contributed by atoms with van der Waals surface area (Å²) in [5.41, 5.74) is 7.70. The van der Waals surface area contributed by atoms with E-state index in [1.165, 1.54) is 4.68 Å². The van der Waals surface area contributed by atoms with Gasteiger partial charge in [-0.3, -0.25) is 14.3 Å². The number of piperidine rings is 1. The van der Waals surface area contributed by atoms with E-state index in [2.05, 4.69) is 5.10 Å². The van der Waals surface area contributed by atoms with Gasteiger partial charge in [0.25, 0.3) is 5.91 Å². The van der Waals surface area contributed by atoms with Gasteiger partial charge in [0.2, 0.25) is 5.91 Å². The van der Waals surface area contributed by atoms with Crippen LogP contribution in [0.25, 0.3) is 11.1 Å². The second-order valence-electron chi connectivity index (χ2n) is 6.90. The summed E-state index contributed by atoms with van der Waals surface area (Å²) in [6.45, 7) is 1.52. The Morgan fingerprint density at radius 2 is 2.00 bits per heavy atom. The fourth-order valence-corrected chi connectivity index (χ4v) is 3.55. The molecule has 1 aromatic carbocycles. The van der Waals surface area contributed by atoms with Crippen molar-refractivity contribution in [3.63, 3.8) is 0 Å². The van der Waals surface area contributed by atoms with Crippen LogP contribution in [0.5, 0.6) is 0 Å². The van der Waals surface area contributed by atoms with E-state index in [0.29, 0.717) is 12.2 Å². The van der Waals surface area contributed by atoms with Crippen LogP contribution in [0, 0.1) is 0 Å². The maximum absolute atomic E-state index is 13.0. The molecule has 0 unspecified atom stereocenters. The molecule has 3 rings (SSSR count). The van der Waals surface area contributed by atoms with Gasteiger partial charge < -0.3 is 15.4 Å². The lowest BCUT2D eigenvalue weighted by atomic mass is 9.98. The highest BCUT2D eigenvalue weighted by atomic mass is 16.5. The molecule has 1 aromatic heterocycles. The Labute approximate surface area is 159 Å². The molecular formula is C20H26N4O3. The van der Waals surface area contributed by atoms with Gasteiger partial charge in [0.1, 0.15) is 6.54 Å². The molecule has 1 atom stereocenters. The molecule has 144 valence electrons. The molecule has 1 fully saturated rings. The zero-order chi connectivity index (χ0) is 19.2. The topological polar surface area (TPSA) is 90.4 Å². The molecule has 7 heteroatoms. The van der Waals surface area contributed by atoms with Crippen molar-refractivity contribution in [3.05, 3.63) is 42.2 Å². The van der Waals surface area contributed by atoms with Crippen molar-refractivity contribution in [2.45, 2.75) is 38.3 Å². The van der Waals surface area contributed by atoms with E-state index in [4.69, 9.17) is 10.5 Å². The number of likely N-dealkylation sites (tertiary alicyclic amines) is 1. The van der Waals surface area contributed by atoms with Crippen molar-refractivity contribution >= 4 is 11.8 Å². The SMILES string of the molecule is COCC[C@@H]1CCCCN1C(=O)c1ccc(-c2cnn(CC(N)=O)c2)cc1. The normalized spacial score (nSPS) is 17.1. The van der Waals surface area contributed by atoms with E-state index in [1.807, 2.05) is 29.2 Å². The number of nitrogens with two attached hydrogens (primary N) is 1. The summed E-state index contributed by atoms with van der Waals surface area (Å²) in [4.78, 5) is 25.9. The molecule has 0 aliphatic carbocycles. The van der Waals surface area contributed by atoms with Crippen LogP contribution in [0.15, 0.2) is 36.7 Å². The molecule has 7 nitrogen and oxygen atoms in total. The third-order valence-corrected chi connectivity index (χ3v) is 4.96. The van der Waals surface area contributed by atoms with E-state index >= 15 is 0 Å². The minimum absolute atomic E-state index is 0.0500. The first-order valence-electron chi connectivity index (χ1n) is 9.29. The smallest absolute Gasteiger partial charge is 0.254 e. The van der Waals surface area contributed by atoms with Crippen LogP contribution in [0.4, 0.5) is 0 Å². The predicted octanol–water partition coefficient (Wildman–Crippen LogP) is 2.07. The fourth-order valence-electron chi connectivity index (χ4n) is 3.55. The lowest BCUT2D eigenvalue weighted by Gasteiger charge is -2.36. The molecule has 2 aromatic rings. The monoisotopic (exact) mass is 370 g/mol. The van der Waals surface area contributed by atoms with Gasteiger partial charge in [-0.1, -0.05) is 12.1 Å². The van der Waals surface area contributed by atoms with Crippen LogP contribution in [0.2, 0.25) is 0 Å². The van der Waals surface area contributed by atoms with Crippen molar-refractivity contribution in [1.29, 1.82) is 0 Å². The molecule has 1 saturated heterocycles.